The van der Waals surface area contributed by atoms with Crippen LogP contribution in [0.25, 0.3) is 0 Å². The van der Waals surface area contributed by atoms with Gasteiger partial charge < -0.3 is 4.74 Å². The maximum absolute atomic E-state index is 5.53. The molecule has 0 aliphatic carbocycles. The predicted octanol–water partition coefficient (Wildman–Crippen LogP) is 4.50. The van der Waals surface area contributed by atoms with Gasteiger partial charge in [0.2, 0.25) is 0 Å². The lowest BCUT2D eigenvalue weighted by atomic mass is 10.1. The SMILES string of the molecule is C=C(C)CCC/C=C(\C)COCCCC. The minimum absolute atomic E-state index is 0.799. The molecule has 0 fully saturated rings. The molecular weight excluding hydrogens is 184 g/mol. The standard InChI is InChI=1S/C14H26O/c1-5-6-11-15-12-14(4)10-8-7-9-13(2)3/h10H,2,5-9,11-12H2,1,3-4H3/b14-10+. The molecule has 1 nitrogen and oxygen atoms in total. The van der Waals surface area contributed by atoms with Gasteiger partial charge in [-0.15, -0.1) is 6.58 Å². The van der Waals surface area contributed by atoms with E-state index in [0.717, 1.165) is 26.1 Å². The maximum Gasteiger partial charge on any atom is 0.0674 e. The first-order chi connectivity index (χ1) is 7.16. The molecule has 0 heterocycles. The summed E-state index contributed by atoms with van der Waals surface area (Å²) in [6.45, 7) is 12.0. The highest BCUT2D eigenvalue weighted by molar-refractivity contribution is 4.98. The average molecular weight is 210 g/mol. The topological polar surface area (TPSA) is 9.23 Å². The van der Waals surface area contributed by atoms with E-state index < -0.39 is 0 Å². The summed E-state index contributed by atoms with van der Waals surface area (Å²) in [7, 11) is 0. The average Bonchev–Trinajstić information content (AvgIpc) is 2.19. The van der Waals surface area contributed by atoms with E-state index in [1.54, 1.807) is 0 Å². The first kappa shape index (κ1) is 14.4. The van der Waals surface area contributed by atoms with Crippen LogP contribution in [-0.2, 0) is 4.74 Å². The second-order valence-corrected chi connectivity index (χ2v) is 4.31. The van der Waals surface area contributed by atoms with E-state index in [2.05, 4.69) is 33.4 Å². The summed E-state index contributed by atoms with van der Waals surface area (Å²) in [6.07, 6.45) is 8.16. The quantitative estimate of drug-likeness (QED) is 0.402. The van der Waals surface area contributed by atoms with Gasteiger partial charge >= 0.3 is 0 Å². The Morgan fingerprint density at radius 2 is 2.00 bits per heavy atom. The van der Waals surface area contributed by atoms with Crippen LogP contribution in [0.15, 0.2) is 23.8 Å². The van der Waals surface area contributed by atoms with Gasteiger partial charge in [0.25, 0.3) is 0 Å². The van der Waals surface area contributed by atoms with Crippen LogP contribution in [0.2, 0.25) is 0 Å². The largest absolute Gasteiger partial charge is 0.377 e. The number of rotatable bonds is 9. The minimum atomic E-state index is 0.799. The molecular formula is C14H26O. The van der Waals surface area contributed by atoms with Crippen LogP contribution < -0.4 is 0 Å². The van der Waals surface area contributed by atoms with Crippen LogP contribution in [0.1, 0.15) is 52.9 Å². The van der Waals surface area contributed by atoms with Crippen molar-refractivity contribution in [1.29, 1.82) is 0 Å². The van der Waals surface area contributed by atoms with E-state index in [9.17, 15) is 0 Å². The highest BCUT2D eigenvalue weighted by Crippen LogP contribution is 2.06. The molecule has 15 heavy (non-hydrogen) atoms. The fraction of sp³-hybridized carbons (Fsp3) is 0.714. The molecule has 0 radical (unpaired) electrons. The van der Waals surface area contributed by atoms with Crippen molar-refractivity contribution in [3.8, 4) is 0 Å². The lowest BCUT2D eigenvalue weighted by Gasteiger charge is -2.03. The third kappa shape index (κ3) is 11.4. The molecule has 0 N–H and O–H groups in total. The van der Waals surface area contributed by atoms with E-state index in [-0.39, 0.29) is 0 Å². The Labute approximate surface area is 95.2 Å². The van der Waals surface area contributed by atoms with Crippen molar-refractivity contribution in [3.63, 3.8) is 0 Å². The summed E-state index contributed by atoms with van der Waals surface area (Å²) in [5.74, 6) is 0. The Hall–Kier alpha value is -0.560. The Kier molecular flexibility index (Phi) is 9.60. The Morgan fingerprint density at radius 1 is 1.27 bits per heavy atom. The van der Waals surface area contributed by atoms with Crippen LogP contribution in [0, 0.1) is 0 Å². The summed E-state index contributed by atoms with van der Waals surface area (Å²) in [5, 5.41) is 0. The van der Waals surface area contributed by atoms with Gasteiger partial charge in [-0.25, -0.2) is 0 Å². The van der Waals surface area contributed by atoms with Crippen molar-refractivity contribution in [2.45, 2.75) is 52.9 Å². The molecule has 0 amide bonds. The minimum Gasteiger partial charge on any atom is -0.377 e. The van der Waals surface area contributed by atoms with Gasteiger partial charge in [0.1, 0.15) is 0 Å². The molecule has 0 unspecified atom stereocenters. The zero-order valence-corrected chi connectivity index (χ0v) is 10.6. The van der Waals surface area contributed by atoms with Gasteiger partial charge in [-0.2, -0.15) is 0 Å². The van der Waals surface area contributed by atoms with Crippen LogP contribution in [0.3, 0.4) is 0 Å². The Bertz CT molecular complexity index is 192. The van der Waals surface area contributed by atoms with Crippen LogP contribution in [-0.4, -0.2) is 13.2 Å². The van der Waals surface area contributed by atoms with E-state index in [4.69, 9.17) is 4.74 Å². The molecule has 0 aliphatic heterocycles. The zero-order chi connectivity index (χ0) is 11.5. The van der Waals surface area contributed by atoms with Gasteiger partial charge in [0.05, 0.1) is 6.61 Å². The van der Waals surface area contributed by atoms with Crippen molar-refractivity contribution in [2.24, 2.45) is 0 Å². The van der Waals surface area contributed by atoms with Crippen molar-refractivity contribution in [3.05, 3.63) is 23.8 Å². The number of ether oxygens (including phenoxy) is 1. The molecule has 0 aromatic carbocycles. The number of hydrogen-bond acceptors (Lipinski definition) is 1. The molecule has 0 aromatic heterocycles. The molecule has 0 spiro atoms. The van der Waals surface area contributed by atoms with E-state index in [0.29, 0.717) is 0 Å². The molecule has 0 atom stereocenters. The van der Waals surface area contributed by atoms with Gasteiger partial charge in [-0.1, -0.05) is 30.6 Å². The van der Waals surface area contributed by atoms with Gasteiger partial charge in [0.15, 0.2) is 0 Å². The van der Waals surface area contributed by atoms with Gasteiger partial charge in [0, 0.05) is 6.61 Å². The smallest absolute Gasteiger partial charge is 0.0674 e. The maximum atomic E-state index is 5.53. The summed E-state index contributed by atoms with van der Waals surface area (Å²) in [6, 6.07) is 0. The van der Waals surface area contributed by atoms with Crippen molar-refractivity contribution >= 4 is 0 Å². The highest BCUT2D eigenvalue weighted by atomic mass is 16.5. The number of allylic oxidation sites excluding steroid dienone is 2. The monoisotopic (exact) mass is 210 g/mol. The Morgan fingerprint density at radius 3 is 2.60 bits per heavy atom. The predicted molar refractivity (Wildman–Crippen MR) is 68.1 cm³/mol. The van der Waals surface area contributed by atoms with Gasteiger partial charge in [-0.3, -0.25) is 0 Å². The van der Waals surface area contributed by atoms with E-state index in [1.165, 1.54) is 30.4 Å². The fourth-order valence-electron chi connectivity index (χ4n) is 1.29. The van der Waals surface area contributed by atoms with Crippen molar-refractivity contribution in [1.82, 2.24) is 0 Å². The fourth-order valence-corrected chi connectivity index (χ4v) is 1.29. The lowest BCUT2D eigenvalue weighted by Crippen LogP contribution is -1.97. The van der Waals surface area contributed by atoms with Crippen molar-refractivity contribution < 1.29 is 4.74 Å². The highest BCUT2D eigenvalue weighted by Gasteiger charge is 1.91. The van der Waals surface area contributed by atoms with E-state index >= 15 is 0 Å². The number of hydrogen-bond donors (Lipinski definition) is 0. The summed E-state index contributed by atoms with van der Waals surface area (Å²) in [5.41, 5.74) is 2.63. The molecule has 0 saturated heterocycles. The molecule has 0 aromatic rings. The summed E-state index contributed by atoms with van der Waals surface area (Å²) in [4.78, 5) is 0. The first-order valence-corrected chi connectivity index (χ1v) is 6.04. The van der Waals surface area contributed by atoms with Crippen molar-refractivity contribution in [2.75, 3.05) is 13.2 Å². The molecule has 88 valence electrons. The summed E-state index contributed by atoms with van der Waals surface area (Å²) < 4.78 is 5.53. The third-order valence-electron chi connectivity index (χ3n) is 2.27. The normalized spacial score (nSPS) is 11.8. The van der Waals surface area contributed by atoms with Crippen LogP contribution in [0.4, 0.5) is 0 Å². The molecule has 0 rings (SSSR count). The van der Waals surface area contributed by atoms with E-state index in [1.807, 2.05) is 0 Å². The third-order valence-corrected chi connectivity index (χ3v) is 2.27. The Balaban J connectivity index is 3.39. The number of unbranched alkanes of at least 4 members (excludes halogenated alkanes) is 2. The second-order valence-electron chi connectivity index (χ2n) is 4.31. The molecule has 0 saturated carbocycles. The summed E-state index contributed by atoms with van der Waals surface area (Å²) >= 11 is 0. The van der Waals surface area contributed by atoms with Crippen LogP contribution >= 0.6 is 0 Å². The zero-order valence-electron chi connectivity index (χ0n) is 10.6. The molecule has 0 aliphatic rings. The molecule has 1 heteroatoms. The lowest BCUT2D eigenvalue weighted by molar-refractivity contribution is 0.152. The van der Waals surface area contributed by atoms with Gasteiger partial charge in [-0.05, 0) is 39.5 Å². The second kappa shape index (κ2) is 9.97. The van der Waals surface area contributed by atoms with Crippen LogP contribution in [0.5, 0.6) is 0 Å². The first-order valence-electron chi connectivity index (χ1n) is 6.04. The molecule has 0 bridgehead atoms.